The zero-order valence-electron chi connectivity index (χ0n) is 7.76. The third-order valence-corrected chi connectivity index (χ3v) is 4.12. The Bertz CT molecular complexity index is 476. The minimum atomic E-state index is -3.70. The van der Waals surface area contributed by atoms with E-state index in [1.165, 1.54) is 0 Å². The number of nitrogens with one attached hydrogen (secondary N) is 1. The number of nitrogens with two attached hydrogens (primary N) is 1. The number of carbonyl (C=O) groups excluding carboxylic acids is 1. The third kappa shape index (κ3) is 3.15. The van der Waals surface area contributed by atoms with Crippen molar-refractivity contribution in [1.82, 2.24) is 5.32 Å². The first-order valence-electron chi connectivity index (χ1n) is 3.94. The lowest BCUT2D eigenvalue weighted by atomic mass is 10.3. The lowest BCUT2D eigenvalue weighted by Crippen LogP contribution is -2.21. The Morgan fingerprint density at radius 2 is 2.33 bits per heavy atom. The van der Waals surface area contributed by atoms with Gasteiger partial charge < -0.3 is 5.32 Å². The molecule has 82 valence electrons. The maximum atomic E-state index is 11.1. The van der Waals surface area contributed by atoms with Crippen molar-refractivity contribution in [1.29, 1.82) is 0 Å². The van der Waals surface area contributed by atoms with Gasteiger partial charge >= 0.3 is 0 Å². The minimum absolute atomic E-state index is 0.0758. The van der Waals surface area contributed by atoms with Crippen LogP contribution in [0.1, 0.15) is 5.56 Å². The molecule has 0 spiro atoms. The lowest BCUT2D eigenvalue weighted by molar-refractivity contribution is -0.116. The maximum Gasteiger partial charge on any atom is 0.247 e. The summed E-state index contributed by atoms with van der Waals surface area (Å²) in [6.07, 6.45) is 1.11. The summed E-state index contributed by atoms with van der Waals surface area (Å²) in [5, 5.41) is 9.07. The van der Waals surface area contributed by atoms with Crippen molar-refractivity contribution < 1.29 is 13.2 Å². The first-order valence-corrected chi connectivity index (χ1v) is 6.37. The van der Waals surface area contributed by atoms with Crippen molar-refractivity contribution in [3.8, 4) is 0 Å². The van der Waals surface area contributed by atoms with Crippen LogP contribution in [0.2, 0.25) is 0 Å². The van der Waals surface area contributed by atoms with E-state index in [0.717, 1.165) is 17.4 Å². The molecule has 1 aromatic rings. The first kappa shape index (κ1) is 11.9. The monoisotopic (exact) mass is 246 g/mol. The van der Waals surface area contributed by atoms with E-state index in [9.17, 15) is 13.2 Å². The van der Waals surface area contributed by atoms with Gasteiger partial charge in [-0.2, -0.15) is 0 Å². The van der Waals surface area contributed by atoms with E-state index in [2.05, 4.69) is 11.9 Å². The molecule has 0 aliphatic heterocycles. The van der Waals surface area contributed by atoms with Gasteiger partial charge in [-0.15, -0.1) is 11.3 Å². The van der Waals surface area contributed by atoms with E-state index in [0.29, 0.717) is 5.56 Å². The van der Waals surface area contributed by atoms with Crippen LogP contribution >= 0.6 is 11.3 Å². The number of amides is 1. The molecule has 1 aromatic heterocycles. The van der Waals surface area contributed by atoms with Crippen molar-refractivity contribution in [2.24, 2.45) is 5.14 Å². The SMILES string of the molecule is C=CC(=O)NCc1ccsc1S(N)(=O)=O. The van der Waals surface area contributed by atoms with Gasteiger partial charge in [0.25, 0.3) is 0 Å². The van der Waals surface area contributed by atoms with Crippen molar-refractivity contribution >= 4 is 27.3 Å². The van der Waals surface area contributed by atoms with Gasteiger partial charge in [0.05, 0.1) is 0 Å². The highest BCUT2D eigenvalue weighted by atomic mass is 32.2. The predicted molar refractivity (Wildman–Crippen MR) is 57.7 cm³/mol. The van der Waals surface area contributed by atoms with Crippen LogP contribution in [0.4, 0.5) is 0 Å². The number of sulfonamides is 1. The van der Waals surface area contributed by atoms with Crippen LogP contribution in [-0.4, -0.2) is 14.3 Å². The summed E-state index contributed by atoms with van der Waals surface area (Å²) in [7, 11) is -3.70. The number of carbonyl (C=O) groups is 1. The van der Waals surface area contributed by atoms with Gasteiger partial charge in [0, 0.05) is 12.1 Å². The Morgan fingerprint density at radius 3 is 2.87 bits per heavy atom. The summed E-state index contributed by atoms with van der Waals surface area (Å²) in [6.45, 7) is 3.40. The number of hydrogen-bond donors (Lipinski definition) is 2. The standard InChI is InChI=1S/C8H10N2O3S2/c1-2-7(11)10-5-6-3-4-14-8(6)15(9,12)13/h2-4H,1,5H2,(H,10,11)(H2,9,12,13). The van der Waals surface area contributed by atoms with Crippen LogP contribution in [0.5, 0.6) is 0 Å². The van der Waals surface area contributed by atoms with Crippen molar-refractivity contribution in [2.75, 3.05) is 0 Å². The molecule has 0 unspecified atom stereocenters. The van der Waals surface area contributed by atoms with Crippen molar-refractivity contribution in [3.63, 3.8) is 0 Å². The third-order valence-electron chi connectivity index (χ3n) is 1.60. The van der Waals surface area contributed by atoms with Gasteiger partial charge in [-0.3, -0.25) is 4.79 Å². The fraction of sp³-hybridized carbons (Fsp3) is 0.125. The summed E-state index contributed by atoms with van der Waals surface area (Å²) < 4.78 is 22.2. The average molecular weight is 246 g/mol. The van der Waals surface area contributed by atoms with E-state index in [4.69, 9.17) is 5.14 Å². The molecule has 0 fully saturated rings. The molecular formula is C8H10N2O3S2. The predicted octanol–water partition coefficient (Wildman–Crippen LogP) is 0.198. The minimum Gasteiger partial charge on any atom is -0.348 e. The van der Waals surface area contributed by atoms with Gasteiger partial charge in [0.1, 0.15) is 4.21 Å². The molecule has 1 amide bonds. The topological polar surface area (TPSA) is 89.3 Å². The summed E-state index contributed by atoms with van der Waals surface area (Å²) in [5.41, 5.74) is 0.484. The van der Waals surface area contributed by atoms with Crippen molar-refractivity contribution in [3.05, 3.63) is 29.7 Å². The molecule has 1 rings (SSSR count). The fourth-order valence-corrected chi connectivity index (χ4v) is 2.81. The summed E-state index contributed by atoms with van der Waals surface area (Å²) >= 11 is 1.03. The molecule has 0 aliphatic rings. The molecule has 0 saturated heterocycles. The maximum absolute atomic E-state index is 11.1. The molecule has 5 nitrogen and oxygen atoms in total. The van der Waals surface area contributed by atoms with Crippen LogP contribution in [-0.2, 0) is 21.4 Å². The largest absolute Gasteiger partial charge is 0.348 e. The second-order valence-electron chi connectivity index (χ2n) is 2.70. The summed E-state index contributed by atoms with van der Waals surface area (Å²) in [6, 6.07) is 1.60. The molecule has 1 heterocycles. The molecule has 0 radical (unpaired) electrons. The first-order chi connectivity index (χ1) is 6.95. The summed E-state index contributed by atoms with van der Waals surface area (Å²) in [4.78, 5) is 10.9. The number of rotatable bonds is 4. The van der Waals surface area contributed by atoms with Crippen LogP contribution in [0, 0.1) is 0 Å². The normalized spacial score (nSPS) is 11.0. The van der Waals surface area contributed by atoms with Crippen LogP contribution in [0.15, 0.2) is 28.3 Å². The van der Waals surface area contributed by atoms with Gasteiger partial charge in [-0.1, -0.05) is 6.58 Å². The van der Waals surface area contributed by atoms with Crippen LogP contribution in [0.3, 0.4) is 0 Å². The smallest absolute Gasteiger partial charge is 0.247 e. The number of thiophene rings is 1. The lowest BCUT2D eigenvalue weighted by Gasteiger charge is -2.02. The Labute approximate surface area is 91.7 Å². The number of hydrogen-bond acceptors (Lipinski definition) is 4. The molecule has 0 bridgehead atoms. The molecule has 0 aromatic carbocycles. The van der Waals surface area contributed by atoms with Crippen molar-refractivity contribution in [2.45, 2.75) is 10.8 Å². The Hall–Kier alpha value is -1.18. The fourth-order valence-electron chi connectivity index (χ4n) is 0.957. The summed E-state index contributed by atoms with van der Waals surface area (Å²) in [5.74, 6) is -0.360. The molecule has 0 aliphatic carbocycles. The van der Waals surface area contributed by atoms with E-state index >= 15 is 0 Å². The molecular weight excluding hydrogens is 236 g/mol. The molecule has 3 N–H and O–H groups in total. The molecule has 15 heavy (non-hydrogen) atoms. The highest BCUT2D eigenvalue weighted by molar-refractivity contribution is 7.91. The number of primary sulfonamides is 1. The van der Waals surface area contributed by atoms with E-state index < -0.39 is 10.0 Å². The highest BCUT2D eigenvalue weighted by Gasteiger charge is 2.15. The van der Waals surface area contributed by atoms with E-state index in [1.807, 2.05) is 0 Å². The van der Waals surface area contributed by atoms with Gasteiger partial charge in [-0.25, -0.2) is 13.6 Å². The molecule has 7 heteroatoms. The molecule has 0 atom stereocenters. The van der Waals surface area contributed by atoms with Crippen LogP contribution < -0.4 is 10.5 Å². The average Bonchev–Trinajstić information content (AvgIpc) is 2.61. The van der Waals surface area contributed by atoms with E-state index in [1.54, 1.807) is 11.4 Å². The zero-order chi connectivity index (χ0) is 11.5. The Morgan fingerprint density at radius 1 is 1.67 bits per heavy atom. The Balaban J connectivity index is 2.83. The van der Waals surface area contributed by atoms with Gasteiger partial charge in [-0.05, 0) is 17.5 Å². The quantitative estimate of drug-likeness (QED) is 0.744. The van der Waals surface area contributed by atoms with Gasteiger partial charge in [0.2, 0.25) is 15.9 Å². The molecule has 0 saturated carbocycles. The highest BCUT2D eigenvalue weighted by Crippen LogP contribution is 2.20. The van der Waals surface area contributed by atoms with Gasteiger partial charge in [0.15, 0.2) is 0 Å². The zero-order valence-corrected chi connectivity index (χ0v) is 9.40. The van der Waals surface area contributed by atoms with E-state index in [-0.39, 0.29) is 16.7 Å². The second-order valence-corrected chi connectivity index (χ2v) is 5.37. The second kappa shape index (κ2) is 4.56. The Kier molecular flexibility index (Phi) is 3.61. The van der Waals surface area contributed by atoms with Crippen LogP contribution in [0.25, 0.3) is 0 Å².